The molecule has 1 aliphatic rings. The second kappa shape index (κ2) is 7.30. The molecule has 3 aromatic rings. The van der Waals surface area contributed by atoms with Crippen molar-refractivity contribution in [2.45, 2.75) is 6.92 Å². The molecule has 2 heterocycles. The zero-order chi connectivity index (χ0) is 19.8. The predicted octanol–water partition coefficient (Wildman–Crippen LogP) is 4.63. The number of aromatic nitrogens is 1. The first kappa shape index (κ1) is 18.5. The molecule has 0 spiro atoms. The van der Waals surface area contributed by atoms with Crippen LogP contribution in [0.1, 0.15) is 15.9 Å². The molecule has 8 heteroatoms. The van der Waals surface area contributed by atoms with Gasteiger partial charge in [0.25, 0.3) is 5.91 Å². The van der Waals surface area contributed by atoms with Gasteiger partial charge in [0.1, 0.15) is 0 Å². The molecule has 2 N–H and O–H groups in total. The van der Waals surface area contributed by atoms with Crippen molar-refractivity contribution in [1.82, 2.24) is 10.3 Å². The van der Waals surface area contributed by atoms with Crippen LogP contribution in [0.25, 0.3) is 10.9 Å². The van der Waals surface area contributed by atoms with Crippen LogP contribution in [-0.2, 0) is 0 Å². The summed E-state index contributed by atoms with van der Waals surface area (Å²) in [4.78, 5) is 31.1. The molecule has 2 aromatic carbocycles. The number of anilines is 2. The lowest BCUT2D eigenvalue weighted by Crippen LogP contribution is -2.28. The topological polar surface area (TPSA) is 74.3 Å². The summed E-state index contributed by atoms with van der Waals surface area (Å²) in [6, 6.07) is 10.2. The number of halogens is 2. The van der Waals surface area contributed by atoms with Crippen LogP contribution in [0.2, 0.25) is 10.0 Å². The van der Waals surface area contributed by atoms with E-state index in [4.69, 9.17) is 23.2 Å². The number of carbonyl (C=O) groups excluding carboxylic acids is 2. The van der Waals surface area contributed by atoms with E-state index in [0.717, 1.165) is 16.6 Å². The molecule has 1 fully saturated rings. The zero-order valence-corrected chi connectivity index (χ0v) is 16.4. The highest BCUT2D eigenvalue weighted by atomic mass is 35.5. The van der Waals surface area contributed by atoms with E-state index in [9.17, 15) is 9.59 Å². The molecule has 0 aliphatic carbocycles. The number of nitrogens with one attached hydrogen (secondary N) is 2. The van der Waals surface area contributed by atoms with Crippen molar-refractivity contribution in [2.24, 2.45) is 0 Å². The number of fused-ring (bicyclic) bond motifs is 1. The van der Waals surface area contributed by atoms with E-state index >= 15 is 0 Å². The average Bonchev–Trinajstić information content (AvgIpc) is 3.07. The standard InChI is InChI=1S/C20H16Cl2N4O2/c1-11-10-24-17-12(18(11)26-9-8-23-20(26)28)4-2-7-15(17)25-19(27)16-13(21)5-3-6-14(16)22/h2-7,10H,8-9H2,1H3,(H,23,28)(H,25,27). The highest BCUT2D eigenvalue weighted by Crippen LogP contribution is 2.34. The van der Waals surface area contributed by atoms with E-state index in [1.807, 2.05) is 19.1 Å². The highest BCUT2D eigenvalue weighted by molar-refractivity contribution is 6.40. The Hall–Kier alpha value is -2.83. The van der Waals surface area contributed by atoms with Gasteiger partial charge in [0, 0.05) is 24.7 Å². The minimum Gasteiger partial charge on any atom is -0.336 e. The Bertz CT molecular complexity index is 1100. The summed E-state index contributed by atoms with van der Waals surface area (Å²) in [5.74, 6) is -0.425. The van der Waals surface area contributed by atoms with Crippen molar-refractivity contribution >= 4 is 57.4 Å². The number of urea groups is 1. The maximum Gasteiger partial charge on any atom is 0.322 e. The first-order valence-corrected chi connectivity index (χ1v) is 9.42. The number of hydrogen-bond donors (Lipinski definition) is 2. The van der Waals surface area contributed by atoms with Crippen molar-refractivity contribution in [3.63, 3.8) is 0 Å². The number of hydrogen-bond acceptors (Lipinski definition) is 3. The molecule has 1 saturated heterocycles. The molecule has 0 unspecified atom stereocenters. The fourth-order valence-electron chi connectivity index (χ4n) is 3.35. The number of pyridine rings is 1. The largest absolute Gasteiger partial charge is 0.336 e. The summed E-state index contributed by atoms with van der Waals surface area (Å²) in [7, 11) is 0. The SMILES string of the molecule is Cc1cnc2c(NC(=O)c3c(Cl)cccc3Cl)cccc2c1N1CCNC1=O. The van der Waals surface area contributed by atoms with Crippen LogP contribution in [0.5, 0.6) is 0 Å². The van der Waals surface area contributed by atoms with Gasteiger partial charge in [-0.1, -0.05) is 41.4 Å². The lowest BCUT2D eigenvalue weighted by Gasteiger charge is -2.20. The van der Waals surface area contributed by atoms with Gasteiger partial charge in [-0.05, 0) is 30.7 Å². The normalized spacial score (nSPS) is 13.7. The lowest BCUT2D eigenvalue weighted by atomic mass is 10.1. The molecule has 0 saturated carbocycles. The van der Waals surface area contributed by atoms with Crippen LogP contribution in [-0.4, -0.2) is 30.0 Å². The Morgan fingerprint density at radius 1 is 1.18 bits per heavy atom. The van der Waals surface area contributed by atoms with E-state index in [-0.39, 0.29) is 21.6 Å². The summed E-state index contributed by atoms with van der Waals surface area (Å²) in [5.41, 5.74) is 2.96. The molecule has 0 radical (unpaired) electrons. The molecule has 142 valence electrons. The fraction of sp³-hybridized carbons (Fsp3) is 0.150. The predicted molar refractivity (Wildman–Crippen MR) is 112 cm³/mol. The van der Waals surface area contributed by atoms with Gasteiger partial charge < -0.3 is 10.6 Å². The molecule has 0 bridgehead atoms. The number of para-hydroxylation sites is 1. The van der Waals surface area contributed by atoms with E-state index in [1.165, 1.54) is 0 Å². The monoisotopic (exact) mass is 414 g/mol. The van der Waals surface area contributed by atoms with E-state index in [2.05, 4.69) is 15.6 Å². The molecule has 28 heavy (non-hydrogen) atoms. The second-order valence-corrected chi connectivity index (χ2v) is 7.24. The van der Waals surface area contributed by atoms with Crippen molar-refractivity contribution in [3.8, 4) is 0 Å². The van der Waals surface area contributed by atoms with Gasteiger partial charge in [-0.2, -0.15) is 0 Å². The Morgan fingerprint density at radius 3 is 2.57 bits per heavy atom. The van der Waals surface area contributed by atoms with Crippen LogP contribution in [0.4, 0.5) is 16.2 Å². The Kier molecular flexibility index (Phi) is 4.83. The van der Waals surface area contributed by atoms with Gasteiger partial charge in [-0.3, -0.25) is 14.7 Å². The minimum absolute atomic E-state index is 0.145. The van der Waals surface area contributed by atoms with Crippen molar-refractivity contribution in [3.05, 3.63) is 63.8 Å². The summed E-state index contributed by atoms with van der Waals surface area (Å²) >= 11 is 12.3. The van der Waals surface area contributed by atoms with Gasteiger partial charge in [-0.25, -0.2) is 4.79 Å². The van der Waals surface area contributed by atoms with E-state index < -0.39 is 5.91 Å². The number of amides is 3. The first-order valence-electron chi connectivity index (χ1n) is 8.66. The number of benzene rings is 2. The van der Waals surface area contributed by atoms with Gasteiger partial charge in [0.2, 0.25) is 0 Å². The molecular formula is C20H16Cl2N4O2. The maximum absolute atomic E-state index is 12.8. The third kappa shape index (κ3) is 3.15. The third-order valence-electron chi connectivity index (χ3n) is 4.62. The van der Waals surface area contributed by atoms with Crippen LogP contribution in [0.15, 0.2) is 42.6 Å². The second-order valence-electron chi connectivity index (χ2n) is 6.43. The maximum atomic E-state index is 12.8. The number of carbonyl (C=O) groups is 2. The average molecular weight is 415 g/mol. The number of nitrogens with zero attached hydrogens (tertiary/aromatic N) is 2. The van der Waals surface area contributed by atoms with E-state index in [1.54, 1.807) is 35.4 Å². The Morgan fingerprint density at radius 2 is 1.89 bits per heavy atom. The molecule has 6 nitrogen and oxygen atoms in total. The summed E-state index contributed by atoms with van der Waals surface area (Å²) in [5, 5.41) is 6.96. The van der Waals surface area contributed by atoms with Crippen molar-refractivity contribution in [2.75, 3.05) is 23.3 Å². The van der Waals surface area contributed by atoms with Gasteiger partial charge in [-0.15, -0.1) is 0 Å². The van der Waals surface area contributed by atoms with Gasteiger partial charge in [0.05, 0.1) is 32.5 Å². The molecule has 4 rings (SSSR count). The zero-order valence-electron chi connectivity index (χ0n) is 14.9. The lowest BCUT2D eigenvalue weighted by molar-refractivity contribution is 0.102. The first-order chi connectivity index (χ1) is 13.5. The minimum atomic E-state index is -0.425. The Labute approximate surface area is 171 Å². The number of rotatable bonds is 3. The van der Waals surface area contributed by atoms with Crippen LogP contribution in [0, 0.1) is 6.92 Å². The van der Waals surface area contributed by atoms with E-state index in [0.29, 0.717) is 24.3 Å². The van der Waals surface area contributed by atoms with Crippen molar-refractivity contribution < 1.29 is 9.59 Å². The van der Waals surface area contributed by atoms with Gasteiger partial charge >= 0.3 is 6.03 Å². The van der Waals surface area contributed by atoms with Crippen molar-refractivity contribution in [1.29, 1.82) is 0 Å². The molecule has 3 amide bonds. The van der Waals surface area contributed by atoms with Crippen LogP contribution < -0.4 is 15.5 Å². The molecule has 0 atom stereocenters. The summed E-state index contributed by atoms with van der Waals surface area (Å²) in [6.45, 7) is 3.07. The molecular weight excluding hydrogens is 399 g/mol. The smallest absolute Gasteiger partial charge is 0.322 e. The summed E-state index contributed by atoms with van der Waals surface area (Å²) < 4.78 is 0. The molecule has 1 aromatic heterocycles. The highest BCUT2D eigenvalue weighted by Gasteiger charge is 2.25. The third-order valence-corrected chi connectivity index (χ3v) is 5.25. The number of aryl methyl sites for hydroxylation is 1. The Balaban J connectivity index is 1.79. The van der Waals surface area contributed by atoms with Crippen LogP contribution >= 0.6 is 23.2 Å². The summed E-state index contributed by atoms with van der Waals surface area (Å²) in [6.07, 6.45) is 1.70. The fourth-order valence-corrected chi connectivity index (χ4v) is 3.92. The van der Waals surface area contributed by atoms with Crippen LogP contribution in [0.3, 0.4) is 0 Å². The van der Waals surface area contributed by atoms with Gasteiger partial charge in [0.15, 0.2) is 0 Å². The quantitative estimate of drug-likeness (QED) is 0.655. The molecule has 1 aliphatic heterocycles.